The highest BCUT2D eigenvalue weighted by atomic mass is 79.9. The van der Waals surface area contributed by atoms with Crippen molar-refractivity contribution in [3.63, 3.8) is 0 Å². The molecule has 0 aliphatic heterocycles. The normalized spacial score (nSPS) is 12.8. The van der Waals surface area contributed by atoms with Crippen molar-refractivity contribution in [2.24, 2.45) is 0 Å². The zero-order valence-corrected chi connectivity index (χ0v) is 17.0. The number of benzene rings is 1. The first-order valence-corrected chi connectivity index (χ1v) is 9.90. The third-order valence-electron chi connectivity index (χ3n) is 4.07. The monoisotopic (exact) mass is 476 g/mol. The Hall–Kier alpha value is -1.05. The molecule has 0 atom stereocenters. The van der Waals surface area contributed by atoms with Crippen LogP contribution < -0.4 is 0 Å². The van der Waals surface area contributed by atoms with Crippen LogP contribution in [0.25, 0.3) is 16.3 Å². The van der Waals surface area contributed by atoms with Crippen LogP contribution >= 0.6 is 62.1 Å². The van der Waals surface area contributed by atoms with E-state index in [0.717, 1.165) is 20.6 Å². The predicted octanol–water partition coefficient (Wildman–Crippen LogP) is 6.12. The fourth-order valence-corrected chi connectivity index (χ4v) is 5.63. The number of carbonyl (C=O) groups is 1. The van der Waals surface area contributed by atoms with Gasteiger partial charge in [-0.05, 0) is 52.5 Å². The van der Waals surface area contributed by atoms with Crippen molar-refractivity contribution in [3.8, 4) is 16.3 Å². The molecule has 0 unspecified atom stereocenters. The molecule has 1 aromatic carbocycles. The molecule has 4 nitrogen and oxygen atoms in total. The van der Waals surface area contributed by atoms with E-state index in [9.17, 15) is 9.90 Å². The second-order valence-corrected chi connectivity index (χ2v) is 8.75. The molecule has 0 spiro atoms. The van der Waals surface area contributed by atoms with Crippen molar-refractivity contribution in [1.82, 2.24) is 9.78 Å². The maximum atomic E-state index is 11.7. The average Bonchev–Trinajstić information content (AvgIpc) is 3.07. The Morgan fingerprint density at radius 1 is 1.24 bits per heavy atom. The van der Waals surface area contributed by atoms with E-state index in [-0.39, 0.29) is 5.69 Å². The molecule has 9 heteroatoms. The molecule has 0 radical (unpaired) electrons. The van der Waals surface area contributed by atoms with Gasteiger partial charge in [-0.1, -0.05) is 34.8 Å². The molecule has 0 saturated carbocycles. The van der Waals surface area contributed by atoms with E-state index in [1.54, 1.807) is 22.9 Å². The number of aromatic nitrogens is 2. The third kappa shape index (κ3) is 2.71. The molecule has 0 bridgehead atoms. The Labute approximate surface area is 170 Å². The first-order valence-electron chi connectivity index (χ1n) is 7.16. The van der Waals surface area contributed by atoms with Crippen LogP contribution in [0.2, 0.25) is 14.4 Å². The fraction of sp³-hybridized carbons (Fsp3) is 0.125. The van der Waals surface area contributed by atoms with Gasteiger partial charge in [0.05, 0.1) is 25.8 Å². The second kappa shape index (κ2) is 6.28. The summed E-state index contributed by atoms with van der Waals surface area (Å²) in [5.74, 6) is -1.06. The lowest BCUT2D eigenvalue weighted by molar-refractivity contribution is 0.0689. The first kappa shape index (κ1) is 17.4. The summed E-state index contributed by atoms with van der Waals surface area (Å²) in [6.45, 7) is 0. The molecule has 0 fully saturated rings. The van der Waals surface area contributed by atoms with Crippen LogP contribution in [0.4, 0.5) is 0 Å². The van der Waals surface area contributed by atoms with Gasteiger partial charge in [-0.25, -0.2) is 9.48 Å². The maximum Gasteiger partial charge on any atom is 0.356 e. The van der Waals surface area contributed by atoms with Gasteiger partial charge < -0.3 is 5.11 Å². The lowest BCUT2D eigenvalue weighted by atomic mass is 9.95. The number of aromatic carboxylic acids is 1. The van der Waals surface area contributed by atoms with E-state index >= 15 is 0 Å². The first-order chi connectivity index (χ1) is 11.9. The second-order valence-electron chi connectivity index (χ2n) is 5.49. The van der Waals surface area contributed by atoms with Crippen molar-refractivity contribution in [2.45, 2.75) is 12.8 Å². The fourth-order valence-electron chi connectivity index (χ4n) is 3.00. The van der Waals surface area contributed by atoms with Crippen molar-refractivity contribution in [1.29, 1.82) is 0 Å². The largest absolute Gasteiger partial charge is 0.476 e. The van der Waals surface area contributed by atoms with Gasteiger partial charge in [0, 0.05) is 10.6 Å². The summed E-state index contributed by atoms with van der Waals surface area (Å²) in [4.78, 5) is 12.6. The van der Waals surface area contributed by atoms with Gasteiger partial charge in [-0.15, -0.1) is 11.3 Å². The number of hydrogen-bond donors (Lipinski definition) is 1. The quantitative estimate of drug-likeness (QED) is 0.483. The van der Waals surface area contributed by atoms with Crippen LogP contribution in [0.3, 0.4) is 0 Å². The zero-order valence-electron chi connectivity index (χ0n) is 12.3. The highest BCUT2D eigenvalue weighted by Crippen LogP contribution is 2.48. The lowest BCUT2D eigenvalue weighted by Crippen LogP contribution is -2.07. The van der Waals surface area contributed by atoms with E-state index in [2.05, 4.69) is 21.0 Å². The molecular formula is C16H8BrCl3N2O2S. The summed E-state index contributed by atoms with van der Waals surface area (Å²) in [5, 5.41) is 14.8. The molecule has 4 rings (SSSR count). The van der Waals surface area contributed by atoms with Gasteiger partial charge >= 0.3 is 5.97 Å². The average molecular weight is 479 g/mol. The SMILES string of the molecule is O=C(O)c1nn(-c2ccc(Cl)cc2Cl)c2c1CCc1c-2sc(Cl)c1Br. The molecule has 3 aromatic rings. The van der Waals surface area contributed by atoms with Crippen LogP contribution in [0, 0.1) is 0 Å². The van der Waals surface area contributed by atoms with Gasteiger partial charge in [0.2, 0.25) is 0 Å². The Kier molecular flexibility index (Phi) is 4.37. The summed E-state index contributed by atoms with van der Waals surface area (Å²) in [6, 6.07) is 5.02. The van der Waals surface area contributed by atoms with Crippen molar-refractivity contribution in [3.05, 3.63) is 53.9 Å². The van der Waals surface area contributed by atoms with Crippen molar-refractivity contribution >= 4 is 68.0 Å². The molecule has 1 aliphatic rings. The van der Waals surface area contributed by atoms with Crippen molar-refractivity contribution in [2.75, 3.05) is 0 Å². The Morgan fingerprint density at radius 3 is 2.64 bits per heavy atom. The molecule has 2 heterocycles. The van der Waals surface area contributed by atoms with Gasteiger partial charge in [0.25, 0.3) is 0 Å². The Morgan fingerprint density at radius 2 is 1.96 bits per heavy atom. The van der Waals surface area contributed by atoms with Crippen LogP contribution in [-0.2, 0) is 12.8 Å². The summed E-state index contributed by atoms with van der Waals surface area (Å²) in [6.07, 6.45) is 1.27. The van der Waals surface area contributed by atoms with Crippen LogP contribution in [0.5, 0.6) is 0 Å². The number of fused-ring (bicyclic) bond motifs is 3. The number of hydrogen-bond acceptors (Lipinski definition) is 3. The van der Waals surface area contributed by atoms with Crippen molar-refractivity contribution < 1.29 is 9.90 Å². The minimum atomic E-state index is -1.06. The van der Waals surface area contributed by atoms with Gasteiger partial charge in [-0.2, -0.15) is 5.10 Å². The van der Waals surface area contributed by atoms with Crippen LogP contribution in [0.1, 0.15) is 21.6 Å². The highest BCUT2D eigenvalue weighted by Gasteiger charge is 2.32. The smallest absolute Gasteiger partial charge is 0.356 e. The predicted molar refractivity (Wildman–Crippen MR) is 104 cm³/mol. The maximum absolute atomic E-state index is 11.7. The van der Waals surface area contributed by atoms with E-state index in [1.807, 2.05) is 0 Å². The van der Waals surface area contributed by atoms with Crippen LogP contribution in [0.15, 0.2) is 22.7 Å². The van der Waals surface area contributed by atoms with Gasteiger partial charge in [-0.3, -0.25) is 0 Å². The molecular weight excluding hydrogens is 471 g/mol. The van der Waals surface area contributed by atoms with E-state index < -0.39 is 5.97 Å². The van der Waals surface area contributed by atoms with Gasteiger partial charge in [0.15, 0.2) is 5.69 Å². The lowest BCUT2D eigenvalue weighted by Gasteiger charge is -2.16. The zero-order chi connectivity index (χ0) is 17.9. The molecule has 0 amide bonds. The van der Waals surface area contributed by atoms with E-state index in [0.29, 0.717) is 38.5 Å². The minimum Gasteiger partial charge on any atom is -0.476 e. The minimum absolute atomic E-state index is 0.0345. The number of rotatable bonds is 2. The number of thiophene rings is 1. The molecule has 1 aliphatic carbocycles. The molecule has 0 saturated heterocycles. The molecule has 128 valence electrons. The third-order valence-corrected chi connectivity index (χ3v) is 7.42. The number of carboxylic acid groups (broad SMARTS) is 1. The summed E-state index contributed by atoms with van der Waals surface area (Å²) >= 11 is 23.5. The summed E-state index contributed by atoms with van der Waals surface area (Å²) in [7, 11) is 0. The Balaban J connectivity index is 2.06. The van der Waals surface area contributed by atoms with Crippen LogP contribution in [-0.4, -0.2) is 20.9 Å². The highest BCUT2D eigenvalue weighted by molar-refractivity contribution is 9.10. The standard InChI is InChI=1S/C16H8BrCl3N2O2S/c17-11-7-2-3-8-12(16(23)24)21-22(13(8)14(7)25-15(11)20)10-4-1-6(18)5-9(10)19/h1,4-5H,2-3H2,(H,23,24). The number of carboxylic acids is 1. The Bertz CT molecular complexity index is 1040. The number of nitrogens with zero attached hydrogens (tertiary/aromatic N) is 2. The van der Waals surface area contributed by atoms with Gasteiger partial charge in [0.1, 0.15) is 4.34 Å². The molecule has 2 aromatic heterocycles. The van der Waals surface area contributed by atoms with E-state index in [1.165, 1.54) is 11.3 Å². The molecule has 25 heavy (non-hydrogen) atoms. The summed E-state index contributed by atoms with van der Waals surface area (Å²) in [5.41, 5.74) is 3.08. The topological polar surface area (TPSA) is 55.1 Å². The molecule has 1 N–H and O–H groups in total. The summed E-state index contributed by atoms with van der Waals surface area (Å²) < 4.78 is 3.06. The number of halogens is 4. The van der Waals surface area contributed by atoms with E-state index in [4.69, 9.17) is 34.8 Å².